The van der Waals surface area contributed by atoms with Crippen molar-refractivity contribution in [2.45, 2.75) is 19.4 Å². The minimum Gasteiger partial charge on any atom is -0.388 e. The molecule has 1 aromatic rings. The van der Waals surface area contributed by atoms with Gasteiger partial charge in [-0.2, -0.15) is 0 Å². The van der Waals surface area contributed by atoms with Crippen LogP contribution in [0.25, 0.3) is 0 Å². The van der Waals surface area contributed by atoms with E-state index in [-0.39, 0.29) is 5.82 Å². The molecule has 0 spiro atoms. The first-order chi connectivity index (χ1) is 8.15. The Kier molecular flexibility index (Phi) is 6.11. The standard InChI is InChI=1S/C13H19FO3/c1-10-9-11(3-4-12(10)14)13(15)5-6-17-8-7-16-2/h3-4,9,13,15H,5-8H2,1-2H3. The number of aliphatic hydroxyl groups is 1. The van der Waals surface area contributed by atoms with E-state index in [0.29, 0.717) is 31.8 Å². The summed E-state index contributed by atoms with van der Waals surface area (Å²) in [6, 6.07) is 4.64. The summed E-state index contributed by atoms with van der Waals surface area (Å²) < 4.78 is 23.1. The first-order valence-corrected chi connectivity index (χ1v) is 5.66. The minimum atomic E-state index is -0.614. The Bertz CT molecular complexity index is 341. The van der Waals surface area contributed by atoms with Crippen LogP contribution in [0.4, 0.5) is 4.39 Å². The van der Waals surface area contributed by atoms with Gasteiger partial charge in [0.2, 0.25) is 0 Å². The Balaban J connectivity index is 2.36. The molecule has 0 aliphatic rings. The van der Waals surface area contributed by atoms with Crippen LogP contribution in [0.2, 0.25) is 0 Å². The van der Waals surface area contributed by atoms with E-state index in [2.05, 4.69) is 0 Å². The fraction of sp³-hybridized carbons (Fsp3) is 0.538. The molecule has 0 fully saturated rings. The fourth-order valence-corrected chi connectivity index (χ4v) is 1.48. The summed E-state index contributed by atoms with van der Waals surface area (Å²) in [4.78, 5) is 0. The minimum absolute atomic E-state index is 0.253. The largest absolute Gasteiger partial charge is 0.388 e. The van der Waals surface area contributed by atoms with Crippen molar-refractivity contribution in [3.8, 4) is 0 Å². The SMILES string of the molecule is COCCOCCC(O)c1ccc(F)c(C)c1. The molecule has 1 atom stereocenters. The van der Waals surface area contributed by atoms with Crippen molar-refractivity contribution in [3.05, 3.63) is 35.1 Å². The van der Waals surface area contributed by atoms with Gasteiger partial charge >= 0.3 is 0 Å². The van der Waals surface area contributed by atoms with Crippen molar-refractivity contribution in [1.29, 1.82) is 0 Å². The maximum atomic E-state index is 13.0. The number of ether oxygens (including phenoxy) is 2. The van der Waals surface area contributed by atoms with Crippen LogP contribution in [0.3, 0.4) is 0 Å². The van der Waals surface area contributed by atoms with Gasteiger partial charge < -0.3 is 14.6 Å². The van der Waals surface area contributed by atoms with Gasteiger partial charge in [-0.1, -0.05) is 12.1 Å². The van der Waals surface area contributed by atoms with Gasteiger partial charge in [0, 0.05) is 20.1 Å². The lowest BCUT2D eigenvalue weighted by molar-refractivity contribution is 0.0475. The summed E-state index contributed by atoms with van der Waals surface area (Å²) in [5.41, 5.74) is 1.26. The van der Waals surface area contributed by atoms with Gasteiger partial charge in [-0.05, 0) is 24.1 Å². The van der Waals surface area contributed by atoms with Crippen LogP contribution in [0, 0.1) is 12.7 Å². The summed E-state index contributed by atoms with van der Waals surface area (Å²) >= 11 is 0. The molecule has 1 unspecified atom stereocenters. The summed E-state index contributed by atoms with van der Waals surface area (Å²) in [6.45, 7) is 3.21. The molecular weight excluding hydrogens is 223 g/mol. The number of rotatable bonds is 7. The molecule has 17 heavy (non-hydrogen) atoms. The zero-order chi connectivity index (χ0) is 12.7. The first kappa shape index (κ1) is 14.1. The lowest BCUT2D eigenvalue weighted by Gasteiger charge is -2.12. The second-order valence-electron chi connectivity index (χ2n) is 3.92. The molecule has 0 bridgehead atoms. The number of hydrogen-bond acceptors (Lipinski definition) is 3. The van der Waals surface area contributed by atoms with Crippen LogP contribution in [0.5, 0.6) is 0 Å². The van der Waals surface area contributed by atoms with Gasteiger partial charge in [-0.3, -0.25) is 0 Å². The third-order valence-corrected chi connectivity index (χ3v) is 2.53. The Labute approximate surface area is 101 Å². The highest BCUT2D eigenvalue weighted by atomic mass is 19.1. The number of methoxy groups -OCH3 is 1. The first-order valence-electron chi connectivity index (χ1n) is 5.66. The number of aryl methyl sites for hydroxylation is 1. The number of benzene rings is 1. The van der Waals surface area contributed by atoms with Crippen LogP contribution >= 0.6 is 0 Å². The monoisotopic (exact) mass is 242 g/mol. The van der Waals surface area contributed by atoms with E-state index in [4.69, 9.17) is 9.47 Å². The molecule has 96 valence electrons. The summed E-state index contributed by atoms with van der Waals surface area (Å²) in [5, 5.41) is 9.86. The predicted octanol–water partition coefficient (Wildman–Crippen LogP) is 2.22. The second kappa shape index (κ2) is 7.37. The van der Waals surface area contributed by atoms with Crippen LogP contribution in [0.1, 0.15) is 23.7 Å². The highest BCUT2D eigenvalue weighted by molar-refractivity contribution is 5.25. The second-order valence-corrected chi connectivity index (χ2v) is 3.92. The fourth-order valence-electron chi connectivity index (χ4n) is 1.48. The van der Waals surface area contributed by atoms with E-state index in [1.165, 1.54) is 6.07 Å². The van der Waals surface area contributed by atoms with Gasteiger partial charge in [-0.25, -0.2) is 4.39 Å². The molecule has 0 aliphatic carbocycles. The van der Waals surface area contributed by atoms with Crippen LogP contribution in [0.15, 0.2) is 18.2 Å². The van der Waals surface area contributed by atoms with E-state index in [1.807, 2.05) is 0 Å². The Morgan fingerprint density at radius 3 is 2.71 bits per heavy atom. The average molecular weight is 242 g/mol. The molecule has 1 rings (SSSR count). The summed E-state index contributed by atoms with van der Waals surface area (Å²) in [5.74, 6) is -0.253. The molecule has 0 saturated carbocycles. The van der Waals surface area contributed by atoms with Crippen molar-refractivity contribution in [1.82, 2.24) is 0 Å². The van der Waals surface area contributed by atoms with E-state index in [9.17, 15) is 9.50 Å². The Morgan fingerprint density at radius 1 is 1.29 bits per heavy atom. The van der Waals surface area contributed by atoms with Gasteiger partial charge in [0.15, 0.2) is 0 Å². The molecule has 1 aromatic carbocycles. The van der Waals surface area contributed by atoms with Crippen LogP contribution in [-0.2, 0) is 9.47 Å². The van der Waals surface area contributed by atoms with Gasteiger partial charge in [0.05, 0.1) is 19.3 Å². The van der Waals surface area contributed by atoms with Gasteiger partial charge in [0.25, 0.3) is 0 Å². The van der Waals surface area contributed by atoms with Gasteiger partial charge in [0.1, 0.15) is 5.82 Å². The van der Waals surface area contributed by atoms with Crippen molar-refractivity contribution in [2.24, 2.45) is 0 Å². The Morgan fingerprint density at radius 2 is 2.06 bits per heavy atom. The van der Waals surface area contributed by atoms with Crippen molar-refractivity contribution < 1.29 is 19.0 Å². The molecule has 3 nitrogen and oxygen atoms in total. The highest BCUT2D eigenvalue weighted by Gasteiger charge is 2.09. The molecule has 0 amide bonds. The molecule has 0 saturated heterocycles. The normalized spacial score (nSPS) is 12.7. The van der Waals surface area contributed by atoms with Crippen molar-refractivity contribution in [3.63, 3.8) is 0 Å². The van der Waals surface area contributed by atoms with Gasteiger partial charge in [-0.15, -0.1) is 0 Å². The predicted molar refractivity (Wildman–Crippen MR) is 63.4 cm³/mol. The van der Waals surface area contributed by atoms with E-state index < -0.39 is 6.10 Å². The molecule has 0 radical (unpaired) electrons. The maximum Gasteiger partial charge on any atom is 0.126 e. The summed E-state index contributed by atoms with van der Waals surface area (Å²) in [6.07, 6.45) is -0.119. The molecule has 1 N–H and O–H groups in total. The average Bonchev–Trinajstić information content (AvgIpc) is 2.32. The van der Waals surface area contributed by atoms with Crippen LogP contribution < -0.4 is 0 Å². The lowest BCUT2D eigenvalue weighted by Crippen LogP contribution is -2.07. The zero-order valence-electron chi connectivity index (χ0n) is 10.3. The van der Waals surface area contributed by atoms with E-state index in [0.717, 1.165) is 5.56 Å². The third kappa shape index (κ3) is 4.81. The van der Waals surface area contributed by atoms with E-state index in [1.54, 1.807) is 26.2 Å². The third-order valence-electron chi connectivity index (χ3n) is 2.53. The molecular formula is C13H19FO3. The van der Waals surface area contributed by atoms with Crippen molar-refractivity contribution >= 4 is 0 Å². The maximum absolute atomic E-state index is 13.0. The highest BCUT2D eigenvalue weighted by Crippen LogP contribution is 2.19. The van der Waals surface area contributed by atoms with E-state index >= 15 is 0 Å². The lowest BCUT2D eigenvalue weighted by atomic mass is 10.0. The number of hydrogen-bond donors (Lipinski definition) is 1. The molecule has 0 heterocycles. The topological polar surface area (TPSA) is 38.7 Å². The molecule has 0 aromatic heterocycles. The Hall–Kier alpha value is -0.970. The zero-order valence-corrected chi connectivity index (χ0v) is 10.3. The van der Waals surface area contributed by atoms with Crippen molar-refractivity contribution in [2.75, 3.05) is 26.9 Å². The number of halogens is 1. The summed E-state index contributed by atoms with van der Waals surface area (Å²) in [7, 11) is 1.61. The molecule has 4 heteroatoms. The quantitative estimate of drug-likeness (QED) is 0.745. The smallest absolute Gasteiger partial charge is 0.126 e. The number of aliphatic hydroxyl groups excluding tert-OH is 1. The molecule has 0 aliphatic heterocycles. The van der Waals surface area contributed by atoms with Crippen LogP contribution in [-0.4, -0.2) is 32.0 Å².